The summed E-state index contributed by atoms with van der Waals surface area (Å²) in [5.41, 5.74) is -0.360. The quantitative estimate of drug-likeness (QED) is 0.222. The van der Waals surface area contributed by atoms with Gasteiger partial charge >= 0.3 is 40.8 Å². The minimum atomic E-state index is -7.64. The number of esters is 1. The Morgan fingerprint density at radius 2 is 1.34 bits per heavy atom. The average molecular weight is 476 g/mol. The first-order valence-corrected chi connectivity index (χ1v) is 7.42. The normalized spacial score (nSPS) is 17.5. The molecule has 0 aromatic carbocycles. The zero-order chi connectivity index (χ0) is 23.9. The van der Waals surface area contributed by atoms with Crippen molar-refractivity contribution in [2.75, 3.05) is 6.61 Å². The maximum atomic E-state index is 13.5. The molecule has 0 bridgehead atoms. The minimum Gasteiger partial charge on any atom is -0.460 e. The van der Waals surface area contributed by atoms with Crippen molar-refractivity contribution in [1.29, 1.82) is 0 Å². The molecular formula is C13H12F12O3S. The molecule has 2 atom stereocenters. The van der Waals surface area contributed by atoms with Gasteiger partial charge in [-0.3, -0.25) is 0 Å². The van der Waals surface area contributed by atoms with E-state index in [0.717, 1.165) is 6.92 Å². The molecule has 0 amide bonds. The van der Waals surface area contributed by atoms with E-state index < -0.39 is 60.0 Å². The van der Waals surface area contributed by atoms with E-state index in [1.54, 1.807) is 12.6 Å². The first-order chi connectivity index (χ1) is 12.5. The number of alkyl halides is 12. The predicted molar refractivity (Wildman–Crippen MR) is 75.1 cm³/mol. The van der Waals surface area contributed by atoms with Gasteiger partial charge in [-0.15, -0.1) is 12.6 Å². The lowest BCUT2D eigenvalue weighted by Crippen LogP contribution is -2.70. The Kier molecular flexibility index (Phi) is 7.71. The second-order valence-electron chi connectivity index (χ2n) is 5.78. The van der Waals surface area contributed by atoms with Gasteiger partial charge in [-0.25, -0.2) is 9.18 Å². The monoisotopic (exact) mass is 476 g/mol. The van der Waals surface area contributed by atoms with Gasteiger partial charge < -0.3 is 9.84 Å². The van der Waals surface area contributed by atoms with Crippen LogP contribution in [-0.4, -0.2) is 58.7 Å². The van der Waals surface area contributed by atoms with Gasteiger partial charge in [0.2, 0.25) is 0 Å². The van der Waals surface area contributed by atoms with E-state index in [0.29, 0.717) is 0 Å². The predicted octanol–water partition coefficient (Wildman–Crippen LogP) is 4.56. The molecule has 172 valence electrons. The summed E-state index contributed by atoms with van der Waals surface area (Å²) in [6, 6.07) is 0. The van der Waals surface area contributed by atoms with Crippen molar-refractivity contribution < 1.29 is 67.3 Å². The highest BCUT2D eigenvalue weighted by Gasteiger charge is 2.88. The van der Waals surface area contributed by atoms with Crippen LogP contribution < -0.4 is 0 Å². The Hall–Kier alpha value is -1.32. The summed E-state index contributed by atoms with van der Waals surface area (Å²) in [5, 5.41) is 2.49. The highest BCUT2D eigenvalue weighted by atomic mass is 32.1. The van der Waals surface area contributed by atoms with Gasteiger partial charge in [-0.1, -0.05) is 6.58 Å². The summed E-state index contributed by atoms with van der Waals surface area (Å²) in [5.74, 6) is -30.1. The molecular weight excluding hydrogens is 464 g/mol. The summed E-state index contributed by atoms with van der Waals surface area (Å²) >= 11 is 1.60. The Morgan fingerprint density at radius 3 is 1.69 bits per heavy atom. The van der Waals surface area contributed by atoms with Crippen LogP contribution in [0.1, 0.15) is 13.3 Å². The van der Waals surface area contributed by atoms with Crippen molar-refractivity contribution >= 4 is 18.6 Å². The summed E-state index contributed by atoms with van der Waals surface area (Å²) in [6.45, 7) is 2.52. The maximum absolute atomic E-state index is 13.5. The minimum absolute atomic E-state index is 0.360. The van der Waals surface area contributed by atoms with Crippen molar-refractivity contribution in [2.45, 2.75) is 54.3 Å². The summed E-state index contributed by atoms with van der Waals surface area (Å²) in [6.07, 6.45) is -12.6. The van der Waals surface area contributed by atoms with Gasteiger partial charge in [0.05, 0.1) is 6.10 Å². The summed E-state index contributed by atoms with van der Waals surface area (Å²) in [7, 11) is 0. The highest BCUT2D eigenvalue weighted by Crippen LogP contribution is 2.61. The van der Waals surface area contributed by atoms with Crippen molar-refractivity contribution in [2.24, 2.45) is 0 Å². The largest absolute Gasteiger partial charge is 0.460 e. The van der Waals surface area contributed by atoms with E-state index in [1.165, 1.54) is 0 Å². The number of ether oxygens (including phenoxy) is 1. The lowest BCUT2D eigenvalue weighted by atomic mass is 9.92. The molecule has 0 heterocycles. The van der Waals surface area contributed by atoms with Crippen molar-refractivity contribution in [3.63, 3.8) is 0 Å². The number of carbonyl (C=O) groups is 1. The van der Waals surface area contributed by atoms with E-state index in [1.807, 2.05) is 0 Å². The van der Waals surface area contributed by atoms with E-state index in [4.69, 9.17) is 5.11 Å². The molecule has 0 rings (SSSR count). The summed E-state index contributed by atoms with van der Waals surface area (Å²) < 4.78 is 161. The molecule has 16 heteroatoms. The second-order valence-corrected chi connectivity index (χ2v) is 6.40. The second kappa shape index (κ2) is 8.07. The fourth-order valence-electron chi connectivity index (χ4n) is 1.59. The van der Waals surface area contributed by atoms with Crippen LogP contribution in [0.5, 0.6) is 0 Å². The molecule has 0 saturated heterocycles. The maximum Gasteiger partial charge on any atom is 0.438 e. The standard InChI is InChI=1S/C13H12F12O3S/c1-5(2)7(27)28-4-6(26)3-8(14,15)9(16,17)10(18,19)11(20,21)12(22,29)13(23,24)25/h6,26,29H,1,3-4H2,2H3. The number of aliphatic hydroxyl groups is 1. The fourth-order valence-corrected chi connectivity index (χ4v) is 1.73. The molecule has 0 aromatic heterocycles. The average Bonchev–Trinajstić information content (AvgIpc) is 2.49. The van der Waals surface area contributed by atoms with Gasteiger partial charge in [0.15, 0.2) is 0 Å². The Balaban J connectivity index is 5.81. The van der Waals surface area contributed by atoms with Crippen LogP contribution in [0, 0.1) is 0 Å². The Morgan fingerprint density at radius 1 is 0.931 bits per heavy atom. The first-order valence-electron chi connectivity index (χ1n) is 6.97. The van der Waals surface area contributed by atoms with Gasteiger partial charge in [-0.05, 0) is 6.92 Å². The molecule has 0 aliphatic rings. The molecule has 2 unspecified atom stereocenters. The Labute approximate surface area is 160 Å². The smallest absolute Gasteiger partial charge is 0.438 e. The number of carbonyl (C=O) groups excluding carboxylic acids is 1. The molecule has 0 fully saturated rings. The number of hydrogen-bond acceptors (Lipinski definition) is 4. The van der Waals surface area contributed by atoms with Crippen LogP contribution in [0.4, 0.5) is 52.7 Å². The number of hydrogen-bond donors (Lipinski definition) is 2. The molecule has 0 spiro atoms. The molecule has 0 aliphatic heterocycles. The third kappa shape index (κ3) is 4.88. The first kappa shape index (κ1) is 27.7. The number of aliphatic hydroxyl groups excluding tert-OH is 1. The van der Waals surface area contributed by atoms with Crippen molar-refractivity contribution in [1.82, 2.24) is 0 Å². The fraction of sp³-hybridized carbons (Fsp3) is 0.769. The molecule has 0 radical (unpaired) electrons. The molecule has 29 heavy (non-hydrogen) atoms. The van der Waals surface area contributed by atoms with Crippen LogP contribution >= 0.6 is 12.6 Å². The van der Waals surface area contributed by atoms with Gasteiger partial charge in [0.1, 0.15) is 6.61 Å². The lowest BCUT2D eigenvalue weighted by molar-refractivity contribution is -0.400. The Bertz CT molecular complexity index is 629. The summed E-state index contributed by atoms with van der Waals surface area (Å²) in [4.78, 5) is 11.0. The zero-order valence-corrected chi connectivity index (χ0v) is 14.8. The van der Waals surface area contributed by atoms with E-state index in [-0.39, 0.29) is 5.57 Å². The number of thiol groups is 1. The zero-order valence-electron chi connectivity index (χ0n) is 13.9. The molecule has 3 nitrogen and oxygen atoms in total. The van der Waals surface area contributed by atoms with Crippen LogP contribution in [0.2, 0.25) is 0 Å². The number of rotatable bonds is 9. The van der Waals surface area contributed by atoms with E-state index in [9.17, 15) is 57.5 Å². The third-order valence-corrected chi connectivity index (χ3v) is 3.82. The SMILES string of the molecule is C=C(C)C(=O)OCC(O)CC(F)(F)C(F)(F)C(F)(F)C(F)(F)C(F)(S)C(F)(F)F. The highest BCUT2D eigenvalue weighted by molar-refractivity contribution is 7.81. The van der Waals surface area contributed by atoms with E-state index >= 15 is 0 Å². The lowest BCUT2D eigenvalue weighted by Gasteiger charge is -2.41. The van der Waals surface area contributed by atoms with Crippen LogP contribution in [0.15, 0.2) is 12.2 Å². The van der Waals surface area contributed by atoms with Gasteiger partial charge in [0, 0.05) is 12.0 Å². The van der Waals surface area contributed by atoms with Crippen molar-refractivity contribution in [3.8, 4) is 0 Å². The molecule has 0 aliphatic carbocycles. The van der Waals surface area contributed by atoms with Gasteiger partial charge in [-0.2, -0.15) is 48.3 Å². The van der Waals surface area contributed by atoms with E-state index in [2.05, 4.69) is 11.3 Å². The van der Waals surface area contributed by atoms with Crippen molar-refractivity contribution in [3.05, 3.63) is 12.2 Å². The molecule has 0 aromatic rings. The van der Waals surface area contributed by atoms with Crippen LogP contribution in [-0.2, 0) is 9.53 Å². The van der Waals surface area contributed by atoms with Gasteiger partial charge in [0.25, 0.3) is 0 Å². The molecule has 0 saturated carbocycles. The van der Waals surface area contributed by atoms with Crippen LogP contribution in [0.25, 0.3) is 0 Å². The number of halogens is 12. The van der Waals surface area contributed by atoms with Crippen LogP contribution in [0.3, 0.4) is 0 Å². The third-order valence-electron chi connectivity index (χ3n) is 3.29. The topological polar surface area (TPSA) is 46.5 Å². The molecule has 1 N–H and O–H groups in total.